The Kier molecular flexibility index (Phi) is 4.94. The average Bonchev–Trinajstić information content (AvgIpc) is 2.48. The van der Waals surface area contributed by atoms with Gasteiger partial charge in [0.1, 0.15) is 0 Å². The highest BCUT2D eigenvalue weighted by Gasteiger charge is 2.07. The molecular weight excluding hydrogens is 258 g/mol. The van der Waals surface area contributed by atoms with Crippen molar-refractivity contribution in [3.8, 4) is 0 Å². The first-order chi connectivity index (χ1) is 10.1. The first kappa shape index (κ1) is 15.0. The fourth-order valence-electron chi connectivity index (χ4n) is 2.18. The molecule has 2 nitrogen and oxygen atoms in total. The van der Waals surface area contributed by atoms with E-state index in [4.69, 9.17) is 0 Å². The van der Waals surface area contributed by atoms with Crippen LogP contribution in [0, 0.1) is 6.92 Å². The van der Waals surface area contributed by atoms with Gasteiger partial charge in [0.25, 0.3) is 0 Å². The molecule has 1 N–H and O–H groups in total. The summed E-state index contributed by atoms with van der Waals surface area (Å²) in [5.74, 6) is -0.0653. The second kappa shape index (κ2) is 6.89. The number of amides is 1. The van der Waals surface area contributed by atoms with Crippen LogP contribution in [0.3, 0.4) is 0 Å². The third-order valence-corrected chi connectivity index (χ3v) is 3.51. The van der Waals surface area contributed by atoms with E-state index in [1.165, 1.54) is 5.56 Å². The van der Waals surface area contributed by atoms with E-state index in [0.29, 0.717) is 0 Å². The zero-order valence-corrected chi connectivity index (χ0v) is 12.8. The molecule has 2 rings (SSSR count). The highest BCUT2D eigenvalue weighted by atomic mass is 16.1. The predicted octanol–water partition coefficient (Wildman–Crippen LogP) is 4.28. The Labute approximate surface area is 126 Å². The van der Waals surface area contributed by atoms with Gasteiger partial charge in [-0.15, -0.1) is 0 Å². The first-order valence-corrected chi connectivity index (χ1v) is 7.17. The maximum atomic E-state index is 12.1. The van der Waals surface area contributed by atoms with Crippen molar-refractivity contribution >= 4 is 11.5 Å². The predicted molar refractivity (Wildman–Crippen MR) is 87.8 cm³/mol. The van der Waals surface area contributed by atoms with Crippen LogP contribution in [0.5, 0.6) is 0 Å². The van der Waals surface area contributed by atoms with Gasteiger partial charge in [-0.05, 0) is 37.5 Å². The van der Waals surface area contributed by atoms with Crippen LogP contribution in [0.4, 0.5) is 0 Å². The average molecular weight is 279 g/mol. The van der Waals surface area contributed by atoms with E-state index in [-0.39, 0.29) is 11.9 Å². The summed E-state index contributed by atoms with van der Waals surface area (Å²) >= 11 is 0. The number of hydrogen-bond donors (Lipinski definition) is 1. The quantitative estimate of drug-likeness (QED) is 0.832. The largest absolute Gasteiger partial charge is 0.346 e. The molecule has 0 aliphatic heterocycles. The summed E-state index contributed by atoms with van der Waals surface area (Å²) < 4.78 is 0. The first-order valence-electron chi connectivity index (χ1n) is 7.17. The molecule has 2 aromatic rings. The van der Waals surface area contributed by atoms with Crippen LogP contribution in [-0.4, -0.2) is 5.91 Å². The third kappa shape index (κ3) is 4.32. The summed E-state index contributed by atoms with van der Waals surface area (Å²) in [5, 5.41) is 2.99. The molecule has 1 amide bonds. The van der Waals surface area contributed by atoms with Crippen molar-refractivity contribution in [1.29, 1.82) is 0 Å². The highest BCUT2D eigenvalue weighted by molar-refractivity contribution is 5.95. The van der Waals surface area contributed by atoms with Gasteiger partial charge in [-0.1, -0.05) is 60.2 Å². The van der Waals surface area contributed by atoms with Crippen molar-refractivity contribution in [3.05, 3.63) is 77.4 Å². The highest BCUT2D eigenvalue weighted by Crippen LogP contribution is 2.15. The Morgan fingerprint density at radius 2 is 1.67 bits per heavy atom. The van der Waals surface area contributed by atoms with E-state index in [2.05, 4.69) is 24.4 Å². The molecule has 2 heteroatoms. The Balaban J connectivity index is 2.03. The molecular formula is C19H21NO. The molecule has 108 valence electrons. The monoisotopic (exact) mass is 279 g/mol. The molecule has 0 heterocycles. The number of aryl methyl sites for hydroxylation is 1. The van der Waals surface area contributed by atoms with Crippen molar-refractivity contribution in [3.63, 3.8) is 0 Å². The Bertz CT molecular complexity index is 626. The normalized spacial score (nSPS) is 12.8. The standard InChI is InChI=1S/C19H21NO/c1-14-9-11-17(12-10-14)15(2)13-19(21)20-16(3)18-7-5-4-6-8-18/h4-13,16H,1-3H3,(H,20,21)/b15-13+/t16-/m0/s1. The summed E-state index contributed by atoms with van der Waals surface area (Å²) in [6.07, 6.45) is 1.66. The van der Waals surface area contributed by atoms with E-state index < -0.39 is 0 Å². The molecule has 0 saturated carbocycles. The van der Waals surface area contributed by atoms with Crippen molar-refractivity contribution < 1.29 is 4.79 Å². The van der Waals surface area contributed by atoms with Crippen LogP contribution in [0.25, 0.3) is 5.57 Å². The van der Waals surface area contributed by atoms with Gasteiger partial charge in [-0.2, -0.15) is 0 Å². The molecule has 0 aliphatic rings. The summed E-state index contributed by atoms with van der Waals surface area (Å²) in [4.78, 5) is 12.1. The number of carbonyl (C=O) groups excluding carboxylic acids is 1. The maximum Gasteiger partial charge on any atom is 0.244 e. The van der Waals surface area contributed by atoms with Crippen molar-refractivity contribution in [2.75, 3.05) is 0 Å². The molecule has 21 heavy (non-hydrogen) atoms. The minimum atomic E-state index is -0.0653. The smallest absolute Gasteiger partial charge is 0.244 e. The number of hydrogen-bond acceptors (Lipinski definition) is 1. The molecule has 0 bridgehead atoms. The second-order valence-electron chi connectivity index (χ2n) is 5.33. The van der Waals surface area contributed by atoms with Crippen molar-refractivity contribution in [2.45, 2.75) is 26.8 Å². The van der Waals surface area contributed by atoms with Crippen LogP contribution in [-0.2, 0) is 4.79 Å². The zero-order chi connectivity index (χ0) is 15.2. The summed E-state index contributed by atoms with van der Waals surface area (Å²) in [6.45, 7) is 6.00. The topological polar surface area (TPSA) is 29.1 Å². The second-order valence-corrected chi connectivity index (χ2v) is 5.33. The van der Waals surface area contributed by atoms with Gasteiger partial charge in [-0.3, -0.25) is 4.79 Å². The maximum absolute atomic E-state index is 12.1. The lowest BCUT2D eigenvalue weighted by Crippen LogP contribution is -2.24. The molecule has 0 radical (unpaired) electrons. The summed E-state index contributed by atoms with van der Waals surface area (Å²) in [6, 6.07) is 18.1. The Hall–Kier alpha value is -2.35. The van der Waals surface area contributed by atoms with Crippen LogP contribution >= 0.6 is 0 Å². The number of allylic oxidation sites excluding steroid dienone is 1. The summed E-state index contributed by atoms with van der Waals surface area (Å²) in [7, 11) is 0. The van der Waals surface area contributed by atoms with E-state index in [9.17, 15) is 4.79 Å². The van der Waals surface area contributed by atoms with E-state index in [1.54, 1.807) is 6.08 Å². The number of carbonyl (C=O) groups is 1. The molecule has 1 atom stereocenters. The lowest BCUT2D eigenvalue weighted by molar-refractivity contribution is -0.117. The summed E-state index contributed by atoms with van der Waals surface area (Å²) in [5.41, 5.74) is 4.36. The molecule has 2 aromatic carbocycles. The van der Waals surface area contributed by atoms with Crippen molar-refractivity contribution in [2.24, 2.45) is 0 Å². The Morgan fingerprint density at radius 3 is 2.29 bits per heavy atom. The molecule has 0 aliphatic carbocycles. The molecule has 0 unspecified atom stereocenters. The van der Waals surface area contributed by atoms with E-state index in [0.717, 1.165) is 16.7 Å². The van der Waals surface area contributed by atoms with Crippen LogP contribution in [0.2, 0.25) is 0 Å². The van der Waals surface area contributed by atoms with Gasteiger partial charge < -0.3 is 5.32 Å². The van der Waals surface area contributed by atoms with Gasteiger partial charge in [0.05, 0.1) is 6.04 Å². The molecule has 0 saturated heterocycles. The fourth-order valence-corrected chi connectivity index (χ4v) is 2.18. The van der Waals surface area contributed by atoms with Gasteiger partial charge >= 0.3 is 0 Å². The molecule has 0 spiro atoms. The number of benzene rings is 2. The van der Waals surface area contributed by atoms with E-state index in [1.807, 2.05) is 56.3 Å². The SMILES string of the molecule is C/C(=C\C(=O)N[C@@H](C)c1ccccc1)c1ccc(C)cc1. The van der Waals surface area contributed by atoms with Gasteiger partial charge in [0, 0.05) is 6.08 Å². The zero-order valence-electron chi connectivity index (χ0n) is 12.8. The van der Waals surface area contributed by atoms with Crippen LogP contribution in [0.1, 0.15) is 36.6 Å². The molecule has 0 aromatic heterocycles. The van der Waals surface area contributed by atoms with Crippen LogP contribution < -0.4 is 5.32 Å². The number of rotatable bonds is 4. The van der Waals surface area contributed by atoms with E-state index >= 15 is 0 Å². The van der Waals surface area contributed by atoms with Gasteiger partial charge in [-0.25, -0.2) is 0 Å². The number of nitrogens with one attached hydrogen (secondary N) is 1. The van der Waals surface area contributed by atoms with Crippen LogP contribution in [0.15, 0.2) is 60.7 Å². The lowest BCUT2D eigenvalue weighted by Gasteiger charge is -2.13. The fraction of sp³-hybridized carbons (Fsp3) is 0.211. The van der Waals surface area contributed by atoms with Gasteiger partial charge in [0.2, 0.25) is 5.91 Å². The minimum Gasteiger partial charge on any atom is -0.346 e. The van der Waals surface area contributed by atoms with Gasteiger partial charge in [0.15, 0.2) is 0 Å². The lowest BCUT2D eigenvalue weighted by atomic mass is 10.0. The minimum absolute atomic E-state index is 0.000711. The van der Waals surface area contributed by atoms with Crippen molar-refractivity contribution in [1.82, 2.24) is 5.32 Å². The molecule has 0 fully saturated rings. The Morgan fingerprint density at radius 1 is 1.05 bits per heavy atom. The third-order valence-electron chi connectivity index (χ3n) is 3.51.